The van der Waals surface area contributed by atoms with Crippen molar-refractivity contribution >= 4 is 12.6 Å². The molecule has 0 unspecified atom stereocenters. The zero-order valence-corrected chi connectivity index (χ0v) is 5.31. The number of aromatic nitrogens is 2. The van der Waals surface area contributed by atoms with Crippen LogP contribution in [0.5, 0.6) is 0 Å². The van der Waals surface area contributed by atoms with Gasteiger partial charge in [-0.15, -0.1) is 12.6 Å². The second-order valence-corrected chi connectivity index (χ2v) is 1.86. The minimum absolute atomic E-state index is 0.664. The van der Waals surface area contributed by atoms with Crippen LogP contribution in [-0.2, 0) is 0 Å². The van der Waals surface area contributed by atoms with Crippen molar-refractivity contribution in [1.82, 2.24) is 9.97 Å². The van der Waals surface area contributed by atoms with Gasteiger partial charge in [-0.25, -0.2) is 9.97 Å². The van der Waals surface area contributed by atoms with E-state index in [1.165, 1.54) is 0 Å². The number of hydrogen-bond acceptors (Lipinski definition) is 3. The number of hydrogen-bond donors (Lipinski definition) is 1. The van der Waals surface area contributed by atoms with Crippen LogP contribution >= 0.6 is 12.6 Å². The van der Waals surface area contributed by atoms with Crippen LogP contribution in [0, 0.1) is 13.1 Å². The van der Waals surface area contributed by atoms with Gasteiger partial charge >= 0.3 is 0 Å². The fourth-order valence-corrected chi connectivity index (χ4v) is 0.609. The molecule has 0 saturated heterocycles. The Hall–Kier alpha value is -0.570. The second kappa shape index (κ2) is 2.13. The maximum Gasteiger partial charge on any atom is 0.127 e. The molecule has 0 amide bonds. The van der Waals surface area contributed by atoms with Gasteiger partial charge in [-0.05, 0) is 13.0 Å². The highest BCUT2D eigenvalue weighted by Gasteiger charge is 1.85. The van der Waals surface area contributed by atoms with Gasteiger partial charge in [0, 0.05) is 0 Å². The molecule has 2 nitrogen and oxygen atoms in total. The molecule has 3 heteroatoms. The van der Waals surface area contributed by atoms with Crippen molar-refractivity contribution in [2.45, 2.75) is 11.9 Å². The Kier molecular flexibility index (Phi) is 1.48. The van der Waals surface area contributed by atoms with E-state index < -0.39 is 0 Å². The zero-order valence-electron chi connectivity index (χ0n) is 4.42. The summed E-state index contributed by atoms with van der Waals surface area (Å²) in [6.07, 6.45) is 2.64. The summed E-state index contributed by atoms with van der Waals surface area (Å²) in [5, 5.41) is 0.664. The van der Waals surface area contributed by atoms with Gasteiger partial charge in [0.15, 0.2) is 0 Å². The fraction of sp³-hybridized carbons (Fsp3) is 0.200. The van der Waals surface area contributed by atoms with E-state index in [1.54, 1.807) is 13.0 Å². The molecule has 1 aromatic rings. The summed E-state index contributed by atoms with van der Waals surface area (Å²) in [5.41, 5.74) is 0. The van der Waals surface area contributed by atoms with E-state index in [2.05, 4.69) is 28.8 Å². The van der Waals surface area contributed by atoms with E-state index >= 15 is 0 Å². The summed E-state index contributed by atoms with van der Waals surface area (Å²) < 4.78 is 0. The molecule has 0 aliphatic rings. The first-order valence-electron chi connectivity index (χ1n) is 2.20. The Morgan fingerprint density at radius 1 is 1.75 bits per heavy atom. The average Bonchev–Trinajstić information content (AvgIpc) is 1.64. The van der Waals surface area contributed by atoms with Gasteiger partial charge in [-0.3, -0.25) is 0 Å². The van der Waals surface area contributed by atoms with Crippen molar-refractivity contribution in [2.75, 3.05) is 0 Å². The van der Waals surface area contributed by atoms with Crippen LogP contribution < -0.4 is 0 Å². The lowest BCUT2D eigenvalue weighted by molar-refractivity contribution is 0.966. The highest BCUT2D eigenvalue weighted by Crippen LogP contribution is 1.96. The molecule has 0 N–H and O–H groups in total. The minimum Gasteiger partial charge on any atom is -0.231 e. The average molecular weight is 125 g/mol. The van der Waals surface area contributed by atoms with E-state index in [-0.39, 0.29) is 0 Å². The third-order valence-electron chi connectivity index (χ3n) is 0.696. The quantitative estimate of drug-likeness (QED) is 0.411. The molecule has 0 fully saturated rings. The lowest BCUT2D eigenvalue weighted by atomic mass is 10.6. The SMILES string of the molecule is Cc1n[c]cc(S)n1. The topological polar surface area (TPSA) is 25.8 Å². The molecular formula is C5H5N2S. The van der Waals surface area contributed by atoms with Gasteiger partial charge in [0.25, 0.3) is 0 Å². The standard InChI is InChI=1S/C5H5N2S/c1-4-6-3-2-5(8)7-4/h2H,1H3,(H,6,7,8). The van der Waals surface area contributed by atoms with Crippen LogP contribution in [0.25, 0.3) is 0 Å². The van der Waals surface area contributed by atoms with E-state index in [4.69, 9.17) is 0 Å². The molecule has 1 rings (SSSR count). The van der Waals surface area contributed by atoms with Crippen molar-refractivity contribution in [3.8, 4) is 0 Å². The van der Waals surface area contributed by atoms with Crippen LogP contribution in [0.2, 0.25) is 0 Å². The predicted molar refractivity (Wildman–Crippen MR) is 32.9 cm³/mol. The van der Waals surface area contributed by atoms with Crippen molar-refractivity contribution in [1.29, 1.82) is 0 Å². The van der Waals surface area contributed by atoms with Gasteiger partial charge in [-0.2, -0.15) is 0 Å². The normalized spacial score (nSPS) is 9.25. The van der Waals surface area contributed by atoms with Gasteiger partial charge in [0.2, 0.25) is 0 Å². The fourth-order valence-electron chi connectivity index (χ4n) is 0.406. The van der Waals surface area contributed by atoms with Gasteiger partial charge in [-0.1, -0.05) is 0 Å². The third kappa shape index (κ3) is 1.20. The molecule has 0 spiro atoms. The molecule has 0 bridgehead atoms. The summed E-state index contributed by atoms with van der Waals surface area (Å²) in [4.78, 5) is 7.65. The Bertz CT molecular complexity index is 170. The van der Waals surface area contributed by atoms with E-state index in [1.807, 2.05) is 0 Å². The first-order chi connectivity index (χ1) is 3.79. The third-order valence-corrected chi connectivity index (χ3v) is 0.925. The van der Waals surface area contributed by atoms with Gasteiger partial charge < -0.3 is 0 Å². The lowest BCUT2D eigenvalue weighted by Gasteiger charge is -1.87. The minimum atomic E-state index is 0.664. The van der Waals surface area contributed by atoms with Crippen molar-refractivity contribution in [3.63, 3.8) is 0 Å². The largest absolute Gasteiger partial charge is 0.231 e. The number of aryl methyl sites for hydroxylation is 1. The van der Waals surface area contributed by atoms with Gasteiger partial charge in [0.05, 0.1) is 11.2 Å². The molecule has 41 valence electrons. The van der Waals surface area contributed by atoms with Crippen molar-refractivity contribution < 1.29 is 0 Å². The highest BCUT2D eigenvalue weighted by atomic mass is 32.1. The Morgan fingerprint density at radius 2 is 2.50 bits per heavy atom. The lowest BCUT2D eigenvalue weighted by Crippen LogP contribution is -1.84. The number of nitrogens with zero attached hydrogens (tertiary/aromatic N) is 2. The summed E-state index contributed by atoms with van der Waals surface area (Å²) in [6.45, 7) is 1.80. The first kappa shape index (κ1) is 5.56. The molecular weight excluding hydrogens is 120 g/mol. The first-order valence-corrected chi connectivity index (χ1v) is 2.64. The summed E-state index contributed by atoms with van der Waals surface area (Å²) in [5.74, 6) is 0.706. The van der Waals surface area contributed by atoms with Crippen LogP contribution in [0.4, 0.5) is 0 Å². The smallest absolute Gasteiger partial charge is 0.127 e. The molecule has 1 heterocycles. The molecule has 0 aliphatic heterocycles. The Morgan fingerprint density at radius 3 is 2.88 bits per heavy atom. The van der Waals surface area contributed by atoms with Crippen LogP contribution in [0.3, 0.4) is 0 Å². The monoisotopic (exact) mass is 125 g/mol. The molecule has 0 saturated carbocycles. The van der Waals surface area contributed by atoms with Crippen molar-refractivity contribution in [3.05, 3.63) is 18.1 Å². The summed E-state index contributed by atoms with van der Waals surface area (Å²) in [7, 11) is 0. The second-order valence-electron chi connectivity index (χ2n) is 1.40. The van der Waals surface area contributed by atoms with E-state index in [0.717, 1.165) is 0 Å². The maximum atomic E-state index is 3.97. The summed E-state index contributed by atoms with van der Waals surface area (Å²) in [6, 6.07) is 1.62. The number of thiol groups is 1. The van der Waals surface area contributed by atoms with E-state index in [0.29, 0.717) is 10.9 Å². The van der Waals surface area contributed by atoms with Crippen molar-refractivity contribution in [2.24, 2.45) is 0 Å². The molecule has 0 aliphatic carbocycles. The molecule has 0 aromatic carbocycles. The van der Waals surface area contributed by atoms with Gasteiger partial charge in [0.1, 0.15) is 5.82 Å². The maximum absolute atomic E-state index is 3.97. The molecule has 8 heavy (non-hydrogen) atoms. The number of rotatable bonds is 0. The van der Waals surface area contributed by atoms with Crippen LogP contribution in [0.15, 0.2) is 11.1 Å². The molecule has 0 atom stereocenters. The highest BCUT2D eigenvalue weighted by molar-refractivity contribution is 7.80. The summed E-state index contributed by atoms with van der Waals surface area (Å²) >= 11 is 3.97. The zero-order chi connectivity index (χ0) is 5.98. The molecule has 1 aromatic heterocycles. The van der Waals surface area contributed by atoms with E-state index in [9.17, 15) is 0 Å². The Labute approximate surface area is 53.4 Å². The Balaban J connectivity index is 3.08. The predicted octanol–water partition coefficient (Wildman–Crippen LogP) is 0.874. The van der Waals surface area contributed by atoms with Crippen LogP contribution in [0.1, 0.15) is 5.82 Å². The van der Waals surface area contributed by atoms with Crippen LogP contribution in [-0.4, -0.2) is 9.97 Å². The molecule has 1 radical (unpaired) electrons.